The highest BCUT2D eigenvalue weighted by atomic mass is 16.5. The van der Waals surface area contributed by atoms with Gasteiger partial charge < -0.3 is 15.4 Å². The minimum atomic E-state index is -1.15. The number of para-hydroxylation sites is 1. The number of urea groups is 1. The molecule has 2 aliphatic heterocycles. The van der Waals surface area contributed by atoms with Crippen LogP contribution in [0.3, 0.4) is 0 Å². The van der Waals surface area contributed by atoms with E-state index in [1.807, 2.05) is 26.8 Å². The van der Waals surface area contributed by atoms with Crippen molar-refractivity contribution in [1.82, 2.24) is 15.5 Å². The average molecular weight is 345 g/mol. The SMILES string of the molecule is CCC(C)(C)NC(=O)CN1C(=O)NC2(CCOc3ccccc32)C1=O. The molecule has 1 spiro atoms. The molecule has 3 rings (SSSR count). The molecule has 134 valence electrons. The number of hydrogen-bond donors (Lipinski definition) is 2. The molecule has 1 atom stereocenters. The fourth-order valence-electron chi connectivity index (χ4n) is 3.16. The number of imide groups is 1. The van der Waals surface area contributed by atoms with Crippen LogP contribution in [-0.2, 0) is 15.1 Å². The number of fused-ring (bicyclic) bond motifs is 2. The molecular weight excluding hydrogens is 322 g/mol. The molecule has 2 heterocycles. The number of carbonyl (C=O) groups is 3. The molecule has 25 heavy (non-hydrogen) atoms. The van der Waals surface area contributed by atoms with E-state index in [0.29, 0.717) is 24.3 Å². The Hall–Kier alpha value is -2.57. The van der Waals surface area contributed by atoms with Crippen LogP contribution < -0.4 is 15.4 Å². The number of ether oxygens (including phenoxy) is 1. The highest BCUT2D eigenvalue weighted by Crippen LogP contribution is 2.40. The number of nitrogens with zero attached hydrogens (tertiary/aromatic N) is 1. The average Bonchev–Trinajstić information content (AvgIpc) is 2.80. The molecule has 2 aliphatic rings. The van der Waals surface area contributed by atoms with Crippen molar-refractivity contribution in [3.05, 3.63) is 29.8 Å². The van der Waals surface area contributed by atoms with Crippen molar-refractivity contribution in [3.63, 3.8) is 0 Å². The van der Waals surface area contributed by atoms with Crippen molar-refractivity contribution >= 4 is 17.8 Å². The molecule has 4 amide bonds. The van der Waals surface area contributed by atoms with Crippen molar-refractivity contribution in [2.45, 2.75) is 44.7 Å². The number of benzene rings is 1. The molecule has 1 aromatic carbocycles. The Bertz CT molecular complexity index is 731. The van der Waals surface area contributed by atoms with Crippen molar-refractivity contribution < 1.29 is 19.1 Å². The fraction of sp³-hybridized carbons (Fsp3) is 0.500. The second-order valence-corrected chi connectivity index (χ2v) is 7.11. The first-order chi connectivity index (χ1) is 11.8. The largest absolute Gasteiger partial charge is 0.493 e. The lowest BCUT2D eigenvalue weighted by Crippen LogP contribution is -2.50. The molecule has 1 unspecified atom stereocenters. The van der Waals surface area contributed by atoms with E-state index in [4.69, 9.17) is 4.74 Å². The highest BCUT2D eigenvalue weighted by molar-refractivity contribution is 6.09. The summed E-state index contributed by atoms with van der Waals surface area (Å²) in [4.78, 5) is 38.7. The van der Waals surface area contributed by atoms with Gasteiger partial charge in [-0.15, -0.1) is 0 Å². The summed E-state index contributed by atoms with van der Waals surface area (Å²) >= 11 is 0. The maximum absolute atomic E-state index is 13.0. The van der Waals surface area contributed by atoms with Gasteiger partial charge in [0, 0.05) is 17.5 Å². The Morgan fingerprint density at radius 2 is 2.08 bits per heavy atom. The summed E-state index contributed by atoms with van der Waals surface area (Å²) in [6.45, 7) is 5.78. The van der Waals surface area contributed by atoms with Gasteiger partial charge in [0.1, 0.15) is 12.3 Å². The Morgan fingerprint density at radius 1 is 1.36 bits per heavy atom. The van der Waals surface area contributed by atoms with Crippen LogP contribution >= 0.6 is 0 Å². The lowest BCUT2D eigenvalue weighted by Gasteiger charge is -2.33. The first-order valence-corrected chi connectivity index (χ1v) is 8.46. The molecule has 1 fully saturated rings. The van der Waals surface area contributed by atoms with Crippen molar-refractivity contribution in [2.75, 3.05) is 13.2 Å². The predicted molar refractivity (Wildman–Crippen MR) is 91.0 cm³/mol. The van der Waals surface area contributed by atoms with Gasteiger partial charge >= 0.3 is 6.03 Å². The Balaban J connectivity index is 1.83. The molecule has 1 saturated heterocycles. The molecule has 0 aromatic heterocycles. The number of nitrogens with one attached hydrogen (secondary N) is 2. The molecule has 0 bridgehead atoms. The van der Waals surface area contributed by atoms with Gasteiger partial charge in [-0.2, -0.15) is 0 Å². The first-order valence-electron chi connectivity index (χ1n) is 8.46. The van der Waals surface area contributed by atoms with Crippen molar-refractivity contribution in [1.29, 1.82) is 0 Å². The number of carbonyl (C=O) groups excluding carboxylic acids is 3. The molecular formula is C18H23N3O4. The van der Waals surface area contributed by atoms with E-state index in [1.54, 1.807) is 18.2 Å². The Kier molecular flexibility index (Phi) is 4.18. The van der Waals surface area contributed by atoms with Crippen LogP contribution in [0.2, 0.25) is 0 Å². The van der Waals surface area contributed by atoms with Gasteiger partial charge in [0.15, 0.2) is 5.54 Å². The second-order valence-electron chi connectivity index (χ2n) is 7.11. The fourth-order valence-corrected chi connectivity index (χ4v) is 3.16. The zero-order valence-corrected chi connectivity index (χ0v) is 14.7. The minimum Gasteiger partial charge on any atom is -0.493 e. The summed E-state index contributed by atoms with van der Waals surface area (Å²) in [6.07, 6.45) is 1.08. The maximum Gasteiger partial charge on any atom is 0.325 e. The lowest BCUT2D eigenvalue weighted by molar-refractivity contribution is -0.136. The van der Waals surface area contributed by atoms with Crippen molar-refractivity contribution in [3.8, 4) is 5.75 Å². The smallest absolute Gasteiger partial charge is 0.325 e. The molecule has 0 aliphatic carbocycles. The summed E-state index contributed by atoms with van der Waals surface area (Å²) in [5, 5.41) is 5.63. The molecule has 7 heteroatoms. The summed E-state index contributed by atoms with van der Waals surface area (Å²) in [7, 11) is 0. The molecule has 7 nitrogen and oxygen atoms in total. The topological polar surface area (TPSA) is 87.7 Å². The van der Waals surface area contributed by atoms with E-state index in [-0.39, 0.29) is 18.0 Å². The van der Waals surface area contributed by atoms with E-state index in [0.717, 1.165) is 11.3 Å². The van der Waals surface area contributed by atoms with E-state index in [9.17, 15) is 14.4 Å². The normalized spacial score (nSPS) is 22.4. The highest BCUT2D eigenvalue weighted by Gasteiger charge is 2.55. The van der Waals surface area contributed by atoms with Crippen LogP contribution in [-0.4, -0.2) is 41.4 Å². The van der Waals surface area contributed by atoms with Gasteiger partial charge in [-0.1, -0.05) is 25.1 Å². The van der Waals surface area contributed by atoms with Crippen LogP contribution in [0.15, 0.2) is 24.3 Å². The summed E-state index contributed by atoms with van der Waals surface area (Å²) in [5.74, 6) is -0.175. The van der Waals surface area contributed by atoms with E-state index in [1.165, 1.54) is 0 Å². The monoisotopic (exact) mass is 345 g/mol. The van der Waals surface area contributed by atoms with Crippen LogP contribution in [0.25, 0.3) is 0 Å². The van der Waals surface area contributed by atoms with Gasteiger partial charge in [-0.25, -0.2) is 4.79 Å². The lowest BCUT2D eigenvalue weighted by atomic mass is 9.84. The Morgan fingerprint density at radius 3 is 2.80 bits per heavy atom. The van der Waals surface area contributed by atoms with Crippen LogP contribution in [0.5, 0.6) is 5.75 Å². The molecule has 0 saturated carbocycles. The molecule has 2 N–H and O–H groups in total. The van der Waals surface area contributed by atoms with Crippen LogP contribution in [0, 0.1) is 0 Å². The Labute approximate surface area is 146 Å². The third kappa shape index (κ3) is 2.94. The number of amides is 4. The minimum absolute atomic E-state index is 0.293. The van der Waals surface area contributed by atoms with E-state index in [2.05, 4.69) is 10.6 Å². The predicted octanol–water partition coefficient (Wildman–Crippen LogP) is 1.52. The summed E-state index contributed by atoms with van der Waals surface area (Å²) < 4.78 is 5.59. The number of hydrogen-bond acceptors (Lipinski definition) is 4. The summed E-state index contributed by atoms with van der Waals surface area (Å²) in [5.41, 5.74) is -0.900. The van der Waals surface area contributed by atoms with Gasteiger partial charge in [0.25, 0.3) is 5.91 Å². The van der Waals surface area contributed by atoms with Gasteiger partial charge in [0.05, 0.1) is 6.61 Å². The van der Waals surface area contributed by atoms with Gasteiger partial charge in [0.2, 0.25) is 5.91 Å². The van der Waals surface area contributed by atoms with E-state index < -0.39 is 17.5 Å². The molecule has 1 aromatic rings. The van der Waals surface area contributed by atoms with Gasteiger partial charge in [-0.3, -0.25) is 14.5 Å². The quantitative estimate of drug-likeness (QED) is 0.810. The number of rotatable bonds is 4. The third-order valence-electron chi connectivity index (χ3n) is 4.92. The zero-order valence-electron chi connectivity index (χ0n) is 14.7. The van der Waals surface area contributed by atoms with Crippen LogP contribution in [0.4, 0.5) is 4.79 Å². The summed E-state index contributed by atoms with van der Waals surface area (Å²) in [6, 6.07) is 6.61. The van der Waals surface area contributed by atoms with E-state index >= 15 is 0 Å². The maximum atomic E-state index is 13.0. The van der Waals surface area contributed by atoms with Crippen molar-refractivity contribution in [2.24, 2.45) is 0 Å². The third-order valence-corrected chi connectivity index (χ3v) is 4.92. The second kappa shape index (κ2) is 6.06. The standard InChI is InChI=1S/C18H23N3O4/c1-4-17(2,3)19-14(22)11-21-15(23)18(20-16(21)24)9-10-25-13-8-6-5-7-12(13)18/h5-8H,4,9-11H2,1-3H3,(H,19,22)(H,20,24). The zero-order chi connectivity index (χ0) is 18.2. The van der Waals surface area contributed by atoms with Crippen LogP contribution in [0.1, 0.15) is 39.2 Å². The van der Waals surface area contributed by atoms with Gasteiger partial charge in [-0.05, 0) is 26.3 Å². The first kappa shape index (κ1) is 17.3. The molecule has 0 radical (unpaired) electrons.